The van der Waals surface area contributed by atoms with Crippen molar-refractivity contribution in [2.45, 2.75) is 38.8 Å². The molecule has 5 nitrogen and oxygen atoms in total. The molecule has 1 atom stereocenters. The summed E-state index contributed by atoms with van der Waals surface area (Å²) in [5, 5.41) is 11.4. The van der Waals surface area contributed by atoms with Crippen LogP contribution in [0.3, 0.4) is 0 Å². The minimum absolute atomic E-state index is 0.325. The highest BCUT2D eigenvalue weighted by Gasteiger charge is 2.14. The van der Waals surface area contributed by atoms with Gasteiger partial charge in [0.1, 0.15) is 0 Å². The van der Waals surface area contributed by atoms with Crippen LogP contribution in [0.4, 0.5) is 0 Å². The molecule has 106 valence electrons. The molecule has 0 amide bonds. The van der Waals surface area contributed by atoms with Crippen LogP contribution in [0.1, 0.15) is 25.0 Å². The maximum Gasteiger partial charge on any atom is 0.166 e. The van der Waals surface area contributed by atoms with E-state index in [0.29, 0.717) is 11.2 Å². The van der Waals surface area contributed by atoms with Gasteiger partial charge in [-0.25, -0.2) is 0 Å². The van der Waals surface area contributed by atoms with Gasteiger partial charge < -0.3 is 15.4 Å². The van der Waals surface area contributed by atoms with E-state index in [9.17, 15) is 0 Å². The van der Waals surface area contributed by atoms with Crippen molar-refractivity contribution in [2.24, 2.45) is 0 Å². The standard InChI is InChI=1S/C13H22N4OS/c1-11-5-7-16-17(11)8-3-6-14-13(19)15-10-12-4-2-9-18-12/h5,7,12H,2-4,6,8-10H2,1H3,(H2,14,15,19)/t12-/m0/s1. The quantitative estimate of drug-likeness (QED) is 0.607. The van der Waals surface area contributed by atoms with Gasteiger partial charge in [0.15, 0.2) is 5.11 Å². The van der Waals surface area contributed by atoms with E-state index in [-0.39, 0.29) is 0 Å². The Balaban J connectivity index is 1.52. The fourth-order valence-electron chi connectivity index (χ4n) is 2.14. The zero-order valence-electron chi connectivity index (χ0n) is 11.4. The largest absolute Gasteiger partial charge is 0.376 e. The lowest BCUT2D eigenvalue weighted by Gasteiger charge is -2.14. The van der Waals surface area contributed by atoms with Crippen LogP contribution < -0.4 is 10.6 Å². The van der Waals surface area contributed by atoms with Crippen molar-refractivity contribution in [3.05, 3.63) is 18.0 Å². The third-order valence-corrected chi connectivity index (χ3v) is 3.56. The second kappa shape index (κ2) is 7.45. The summed E-state index contributed by atoms with van der Waals surface area (Å²) >= 11 is 5.23. The third-order valence-electron chi connectivity index (χ3n) is 3.28. The second-order valence-corrected chi connectivity index (χ2v) is 5.23. The average molecular weight is 282 g/mol. The van der Waals surface area contributed by atoms with Crippen molar-refractivity contribution >= 4 is 17.3 Å². The summed E-state index contributed by atoms with van der Waals surface area (Å²) in [5.74, 6) is 0. The van der Waals surface area contributed by atoms with Gasteiger partial charge in [0.25, 0.3) is 0 Å². The van der Waals surface area contributed by atoms with Crippen LogP contribution in [-0.2, 0) is 11.3 Å². The average Bonchev–Trinajstić information content (AvgIpc) is 3.04. The number of hydrogen-bond acceptors (Lipinski definition) is 3. The molecule has 2 rings (SSSR count). The van der Waals surface area contributed by atoms with Gasteiger partial charge in [0.2, 0.25) is 0 Å². The summed E-state index contributed by atoms with van der Waals surface area (Å²) in [6.45, 7) is 5.53. The van der Waals surface area contributed by atoms with E-state index in [1.54, 1.807) is 0 Å². The molecule has 0 bridgehead atoms. The number of hydrogen-bond donors (Lipinski definition) is 2. The van der Waals surface area contributed by atoms with Crippen molar-refractivity contribution < 1.29 is 4.74 Å². The molecule has 1 aliphatic heterocycles. The fourth-order valence-corrected chi connectivity index (χ4v) is 2.32. The van der Waals surface area contributed by atoms with Gasteiger partial charge >= 0.3 is 0 Å². The summed E-state index contributed by atoms with van der Waals surface area (Å²) in [6, 6.07) is 2.02. The first-order valence-corrected chi connectivity index (χ1v) is 7.28. The van der Waals surface area contributed by atoms with E-state index in [4.69, 9.17) is 17.0 Å². The van der Waals surface area contributed by atoms with Crippen molar-refractivity contribution in [3.8, 4) is 0 Å². The minimum atomic E-state index is 0.325. The molecule has 2 heterocycles. The van der Waals surface area contributed by atoms with Crippen LogP contribution in [0.5, 0.6) is 0 Å². The van der Waals surface area contributed by atoms with Gasteiger partial charge in [-0.1, -0.05) is 0 Å². The monoisotopic (exact) mass is 282 g/mol. The molecule has 19 heavy (non-hydrogen) atoms. The number of ether oxygens (including phenoxy) is 1. The van der Waals surface area contributed by atoms with Crippen molar-refractivity contribution in [2.75, 3.05) is 19.7 Å². The van der Waals surface area contributed by atoms with Crippen LogP contribution in [0.2, 0.25) is 0 Å². The molecule has 1 fully saturated rings. The predicted molar refractivity (Wildman–Crippen MR) is 79.2 cm³/mol. The topological polar surface area (TPSA) is 51.1 Å². The van der Waals surface area contributed by atoms with Crippen LogP contribution >= 0.6 is 12.2 Å². The molecule has 0 unspecified atom stereocenters. The Hall–Kier alpha value is -1.14. The lowest BCUT2D eigenvalue weighted by molar-refractivity contribution is 0.114. The molecule has 2 N–H and O–H groups in total. The Morgan fingerprint density at radius 3 is 3.16 bits per heavy atom. The lowest BCUT2D eigenvalue weighted by Crippen LogP contribution is -2.39. The summed E-state index contributed by atoms with van der Waals surface area (Å²) in [6.07, 6.45) is 5.46. The maximum absolute atomic E-state index is 5.53. The minimum Gasteiger partial charge on any atom is -0.376 e. The summed E-state index contributed by atoms with van der Waals surface area (Å²) in [7, 11) is 0. The first kappa shape index (κ1) is 14.3. The van der Waals surface area contributed by atoms with Gasteiger partial charge in [0, 0.05) is 38.1 Å². The molecule has 1 aromatic heterocycles. The maximum atomic E-state index is 5.53. The van der Waals surface area contributed by atoms with E-state index < -0.39 is 0 Å². The van der Waals surface area contributed by atoms with Gasteiger partial charge in [-0.15, -0.1) is 0 Å². The summed E-state index contributed by atoms with van der Waals surface area (Å²) in [4.78, 5) is 0. The number of nitrogens with one attached hydrogen (secondary N) is 2. The molecule has 1 aliphatic rings. The molecule has 0 radical (unpaired) electrons. The SMILES string of the molecule is Cc1ccnn1CCCNC(=S)NC[C@@H]1CCCO1. The molecule has 6 heteroatoms. The van der Waals surface area contributed by atoms with Gasteiger partial charge in [-0.3, -0.25) is 4.68 Å². The van der Waals surface area contributed by atoms with E-state index >= 15 is 0 Å². The van der Waals surface area contributed by atoms with Crippen molar-refractivity contribution in [1.82, 2.24) is 20.4 Å². The molecular weight excluding hydrogens is 260 g/mol. The lowest BCUT2D eigenvalue weighted by atomic mass is 10.2. The third kappa shape index (κ3) is 4.80. The highest BCUT2D eigenvalue weighted by molar-refractivity contribution is 7.80. The fraction of sp³-hybridized carbons (Fsp3) is 0.692. The number of aromatic nitrogens is 2. The van der Waals surface area contributed by atoms with Crippen molar-refractivity contribution in [3.63, 3.8) is 0 Å². The van der Waals surface area contributed by atoms with Gasteiger partial charge in [-0.05, 0) is 44.5 Å². The van der Waals surface area contributed by atoms with E-state index in [2.05, 4.69) is 22.7 Å². The van der Waals surface area contributed by atoms with E-state index in [0.717, 1.165) is 45.5 Å². The molecule has 0 spiro atoms. The zero-order valence-corrected chi connectivity index (χ0v) is 12.2. The number of aryl methyl sites for hydroxylation is 2. The first-order chi connectivity index (χ1) is 9.25. The van der Waals surface area contributed by atoms with Crippen LogP contribution in [-0.4, -0.2) is 40.7 Å². The molecule has 0 saturated carbocycles. The summed E-state index contributed by atoms with van der Waals surface area (Å²) in [5.41, 5.74) is 1.19. The molecule has 1 aromatic rings. The van der Waals surface area contributed by atoms with Crippen LogP contribution in [0.25, 0.3) is 0 Å². The molecular formula is C13H22N4OS. The molecule has 0 aromatic carbocycles. The smallest absolute Gasteiger partial charge is 0.166 e. The predicted octanol–water partition coefficient (Wildman–Crippen LogP) is 1.22. The zero-order chi connectivity index (χ0) is 13.5. The normalized spacial score (nSPS) is 18.5. The highest BCUT2D eigenvalue weighted by atomic mass is 32.1. The molecule has 1 saturated heterocycles. The van der Waals surface area contributed by atoms with E-state index in [1.165, 1.54) is 5.69 Å². The Labute approximate surface area is 119 Å². The number of thiocarbonyl (C=S) groups is 1. The Kier molecular flexibility index (Phi) is 5.60. The Morgan fingerprint density at radius 1 is 1.58 bits per heavy atom. The Bertz CT molecular complexity index is 401. The number of nitrogens with zero attached hydrogens (tertiary/aromatic N) is 2. The Morgan fingerprint density at radius 2 is 2.47 bits per heavy atom. The molecule has 0 aliphatic carbocycles. The van der Waals surface area contributed by atoms with Gasteiger partial charge in [-0.2, -0.15) is 5.10 Å². The van der Waals surface area contributed by atoms with E-state index in [1.807, 2.05) is 16.9 Å². The van der Waals surface area contributed by atoms with Crippen molar-refractivity contribution in [1.29, 1.82) is 0 Å². The van der Waals surface area contributed by atoms with Gasteiger partial charge in [0.05, 0.1) is 6.10 Å². The first-order valence-electron chi connectivity index (χ1n) is 6.87. The van der Waals surface area contributed by atoms with Crippen LogP contribution in [0.15, 0.2) is 12.3 Å². The van der Waals surface area contributed by atoms with Crippen LogP contribution in [0, 0.1) is 6.92 Å². The second-order valence-electron chi connectivity index (χ2n) is 4.82. The summed E-state index contributed by atoms with van der Waals surface area (Å²) < 4.78 is 7.53. The highest BCUT2D eigenvalue weighted by Crippen LogP contribution is 2.10. The number of rotatable bonds is 6.